The molecule has 0 saturated carbocycles. The molecule has 7 heteroatoms. The van der Waals surface area contributed by atoms with Crippen molar-refractivity contribution in [2.75, 3.05) is 0 Å². The van der Waals surface area contributed by atoms with Gasteiger partial charge in [0.1, 0.15) is 11.4 Å². The van der Waals surface area contributed by atoms with Gasteiger partial charge in [-0.25, -0.2) is 4.79 Å². The van der Waals surface area contributed by atoms with Crippen LogP contribution in [0.5, 0.6) is 5.75 Å². The monoisotopic (exact) mass is 263 g/mol. The zero-order chi connectivity index (χ0) is 14.0. The van der Waals surface area contributed by atoms with E-state index in [4.69, 9.17) is 5.11 Å². The second-order valence-corrected chi connectivity index (χ2v) is 4.17. The maximum absolute atomic E-state index is 11.7. The molecule has 0 fully saturated rings. The SMILES string of the molecule is Cn1cc(CCn2c(C(=O)O)cc(O)cc2=O)cn1. The van der Waals surface area contributed by atoms with Gasteiger partial charge in [-0.15, -0.1) is 0 Å². The molecule has 0 unspecified atom stereocenters. The number of carboxylic acid groups (broad SMARTS) is 1. The van der Waals surface area contributed by atoms with Crippen LogP contribution in [-0.4, -0.2) is 30.5 Å². The highest BCUT2D eigenvalue weighted by atomic mass is 16.4. The number of aromatic nitrogens is 3. The van der Waals surface area contributed by atoms with Crippen LogP contribution >= 0.6 is 0 Å². The molecule has 2 aromatic rings. The molecule has 19 heavy (non-hydrogen) atoms. The predicted octanol–water partition coefficient (Wildman–Crippen LogP) is 0.228. The molecule has 0 aliphatic rings. The highest BCUT2D eigenvalue weighted by Gasteiger charge is 2.13. The van der Waals surface area contributed by atoms with Gasteiger partial charge in [-0.2, -0.15) is 5.10 Å². The number of aryl methyl sites for hydroxylation is 2. The standard InChI is InChI=1S/C12H13N3O4/c1-14-7-8(6-13-14)2-3-15-10(12(18)19)4-9(16)5-11(15)17/h4-7,16H,2-3H2,1H3,(H,18,19). The highest BCUT2D eigenvalue weighted by Crippen LogP contribution is 2.09. The largest absolute Gasteiger partial charge is 0.508 e. The molecule has 2 N–H and O–H groups in total. The van der Waals surface area contributed by atoms with E-state index in [-0.39, 0.29) is 18.0 Å². The van der Waals surface area contributed by atoms with Crippen LogP contribution in [0.25, 0.3) is 0 Å². The van der Waals surface area contributed by atoms with Gasteiger partial charge >= 0.3 is 5.97 Å². The molecule has 0 aromatic carbocycles. The van der Waals surface area contributed by atoms with Crippen LogP contribution in [-0.2, 0) is 20.0 Å². The minimum Gasteiger partial charge on any atom is -0.508 e. The average Bonchev–Trinajstić information content (AvgIpc) is 2.73. The number of carbonyl (C=O) groups is 1. The molecule has 7 nitrogen and oxygen atoms in total. The molecule has 0 amide bonds. The average molecular weight is 263 g/mol. The van der Waals surface area contributed by atoms with Crippen molar-refractivity contribution in [2.45, 2.75) is 13.0 Å². The zero-order valence-electron chi connectivity index (χ0n) is 10.3. The van der Waals surface area contributed by atoms with Crippen LogP contribution in [0.4, 0.5) is 0 Å². The van der Waals surface area contributed by atoms with Gasteiger partial charge in [-0.3, -0.25) is 9.48 Å². The Hall–Kier alpha value is -2.57. The van der Waals surface area contributed by atoms with Gasteiger partial charge in [0.25, 0.3) is 5.56 Å². The van der Waals surface area contributed by atoms with Gasteiger partial charge in [0.15, 0.2) is 0 Å². The summed E-state index contributed by atoms with van der Waals surface area (Å²) in [6.45, 7) is 0.215. The van der Waals surface area contributed by atoms with E-state index in [2.05, 4.69) is 5.10 Å². The fourth-order valence-electron chi connectivity index (χ4n) is 1.83. The number of aromatic carboxylic acids is 1. The summed E-state index contributed by atoms with van der Waals surface area (Å²) in [6, 6.07) is 2.06. The Balaban J connectivity index is 2.29. The van der Waals surface area contributed by atoms with Gasteiger partial charge < -0.3 is 14.8 Å². The van der Waals surface area contributed by atoms with E-state index in [9.17, 15) is 14.7 Å². The number of pyridine rings is 1. The topological polar surface area (TPSA) is 97.4 Å². The van der Waals surface area contributed by atoms with Crippen molar-refractivity contribution in [3.05, 3.63) is 46.1 Å². The summed E-state index contributed by atoms with van der Waals surface area (Å²) in [5.41, 5.74) is 0.133. The molecular weight excluding hydrogens is 250 g/mol. The first-order valence-electron chi connectivity index (χ1n) is 5.62. The van der Waals surface area contributed by atoms with Gasteiger partial charge in [0, 0.05) is 31.9 Å². The molecule has 2 rings (SSSR count). The van der Waals surface area contributed by atoms with Crippen molar-refractivity contribution in [1.82, 2.24) is 14.3 Å². The minimum atomic E-state index is -1.25. The van der Waals surface area contributed by atoms with Gasteiger partial charge in [-0.05, 0) is 12.0 Å². The summed E-state index contributed by atoms with van der Waals surface area (Å²) >= 11 is 0. The van der Waals surface area contributed by atoms with Crippen LogP contribution in [0.1, 0.15) is 16.1 Å². The van der Waals surface area contributed by atoms with Crippen molar-refractivity contribution in [3.63, 3.8) is 0 Å². The lowest BCUT2D eigenvalue weighted by molar-refractivity contribution is 0.0682. The van der Waals surface area contributed by atoms with Gasteiger partial charge in [-0.1, -0.05) is 0 Å². The number of carboxylic acids is 1. The first-order chi connectivity index (χ1) is 8.97. The molecule has 0 radical (unpaired) electrons. The van der Waals surface area contributed by atoms with E-state index in [0.717, 1.165) is 22.3 Å². The molecule has 0 atom stereocenters. The summed E-state index contributed by atoms with van der Waals surface area (Å²) in [7, 11) is 1.78. The molecule has 100 valence electrons. The fourth-order valence-corrected chi connectivity index (χ4v) is 1.83. The third-order valence-corrected chi connectivity index (χ3v) is 2.71. The van der Waals surface area contributed by atoms with E-state index >= 15 is 0 Å². The molecule has 2 aromatic heterocycles. The molecular formula is C12H13N3O4. The predicted molar refractivity (Wildman–Crippen MR) is 66.2 cm³/mol. The molecule has 2 heterocycles. The maximum atomic E-state index is 11.7. The molecule has 0 spiro atoms. The quantitative estimate of drug-likeness (QED) is 0.822. The van der Waals surface area contributed by atoms with Crippen molar-refractivity contribution in [3.8, 4) is 5.75 Å². The Kier molecular flexibility index (Phi) is 3.37. The lowest BCUT2D eigenvalue weighted by Crippen LogP contribution is -2.25. The summed E-state index contributed by atoms with van der Waals surface area (Å²) in [4.78, 5) is 22.8. The zero-order valence-corrected chi connectivity index (χ0v) is 10.3. The smallest absolute Gasteiger partial charge is 0.352 e. The second kappa shape index (κ2) is 4.97. The second-order valence-electron chi connectivity index (χ2n) is 4.17. The third kappa shape index (κ3) is 2.82. The lowest BCUT2D eigenvalue weighted by Gasteiger charge is -2.09. The van der Waals surface area contributed by atoms with Crippen LogP contribution in [0.15, 0.2) is 29.3 Å². The Morgan fingerprint density at radius 2 is 2.16 bits per heavy atom. The normalized spacial score (nSPS) is 10.6. The fraction of sp³-hybridized carbons (Fsp3) is 0.250. The van der Waals surface area contributed by atoms with E-state index in [1.807, 2.05) is 0 Å². The Morgan fingerprint density at radius 1 is 1.42 bits per heavy atom. The third-order valence-electron chi connectivity index (χ3n) is 2.71. The van der Waals surface area contributed by atoms with Crippen LogP contribution in [0.3, 0.4) is 0 Å². The molecule has 0 saturated heterocycles. The molecule has 0 bridgehead atoms. The number of hydrogen-bond acceptors (Lipinski definition) is 4. The number of hydrogen-bond donors (Lipinski definition) is 2. The van der Waals surface area contributed by atoms with Crippen LogP contribution < -0.4 is 5.56 Å². The van der Waals surface area contributed by atoms with Crippen molar-refractivity contribution >= 4 is 5.97 Å². The van der Waals surface area contributed by atoms with Gasteiger partial charge in [0.05, 0.1) is 6.20 Å². The molecule has 0 aliphatic heterocycles. The van der Waals surface area contributed by atoms with Crippen LogP contribution in [0.2, 0.25) is 0 Å². The summed E-state index contributed by atoms with van der Waals surface area (Å²) in [5.74, 6) is -1.60. The maximum Gasteiger partial charge on any atom is 0.352 e. The summed E-state index contributed by atoms with van der Waals surface area (Å²) in [6.07, 6.45) is 3.94. The van der Waals surface area contributed by atoms with Gasteiger partial charge in [0.2, 0.25) is 0 Å². The highest BCUT2D eigenvalue weighted by molar-refractivity contribution is 5.86. The first-order valence-corrected chi connectivity index (χ1v) is 5.62. The summed E-state index contributed by atoms with van der Waals surface area (Å²) < 4.78 is 2.75. The Bertz CT molecular complexity index is 672. The molecule has 0 aliphatic carbocycles. The van der Waals surface area contributed by atoms with Crippen molar-refractivity contribution in [2.24, 2.45) is 7.05 Å². The van der Waals surface area contributed by atoms with Crippen molar-refractivity contribution < 1.29 is 15.0 Å². The van der Waals surface area contributed by atoms with E-state index in [1.54, 1.807) is 24.1 Å². The van der Waals surface area contributed by atoms with E-state index in [1.165, 1.54) is 0 Å². The van der Waals surface area contributed by atoms with Crippen molar-refractivity contribution in [1.29, 1.82) is 0 Å². The van der Waals surface area contributed by atoms with Crippen LogP contribution in [0, 0.1) is 0 Å². The Labute approximate surface area is 108 Å². The number of rotatable bonds is 4. The summed E-state index contributed by atoms with van der Waals surface area (Å²) in [5, 5.41) is 22.3. The van der Waals surface area contributed by atoms with E-state index in [0.29, 0.717) is 6.42 Å². The van der Waals surface area contributed by atoms with E-state index < -0.39 is 11.5 Å². The Morgan fingerprint density at radius 3 is 2.74 bits per heavy atom. The first kappa shape index (κ1) is 12.9. The number of aromatic hydroxyl groups is 1. The lowest BCUT2D eigenvalue weighted by atomic mass is 10.2. The number of nitrogens with zero attached hydrogens (tertiary/aromatic N) is 3. The minimum absolute atomic E-state index is 0.215.